The van der Waals surface area contributed by atoms with Gasteiger partial charge in [0.2, 0.25) is 0 Å². The highest BCUT2D eigenvalue weighted by Gasteiger charge is 2.21. The van der Waals surface area contributed by atoms with E-state index in [4.69, 9.17) is 14.2 Å². The van der Waals surface area contributed by atoms with Crippen molar-refractivity contribution in [2.24, 2.45) is 0 Å². The van der Waals surface area contributed by atoms with Crippen molar-refractivity contribution in [2.75, 3.05) is 20.3 Å². The number of rotatable bonds is 7. The lowest BCUT2D eigenvalue weighted by molar-refractivity contribution is 0.0602. The zero-order valence-electron chi connectivity index (χ0n) is 18.6. The van der Waals surface area contributed by atoms with Crippen LogP contribution in [0.1, 0.15) is 24.2 Å². The van der Waals surface area contributed by atoms with Gasteiger partial charge in [0.05, 0.1) is 25.9 Å². The van der Waals surface area contributed by atoms with Crippen LogP contribution in [-0.4, -0.2) is 26.3 Å². The highest BCUT2D eigenvalue weighted by molar-refractivity contribution is 6.12. The van der Waals surface area contributed by atoms with Crippen LogP contribution in [0.25, 0.3) is 33.0 Å². The minimum Gasteiger partial charge on any atom is -0.494 e. The lowest BCUT2D eigenvalue weighted by Crippen LogP contribution is -2.05. The molecule has 0 N–H and O–H groups in total. The van der Waals surface area contributed by atoms with Crippen LogP contribution < -0.4 is 9.47 Å². The third kappa shape index (κ3) is 4.17. The van der Waals surface area contributed by atoms with Crippen molar-refractivity contribution < 1.29 is 19.0 Å². The van der Waals surface area contributed by atoms with Gasteiger partial charge in [0.15, 0.2) is 0 Å². The van der Waals surface area contributed by atoms with Crippen LogP contribution in [0.3, 0.4) is 0 Å². The maximum atomic E-state index is 12.9. The van der Waals surface area contributed by atoms with E-state index in [1.54, 1.807) is 0 Å². The topological polar surface area (TPSA) is 44.8 Å². The van der Waals surface area contributed by atoms with Gasteiger partial charge >= 0.3 is 5.97 Å². The Morgan fingerprint density at radius 2 is 1.25 bits per heavy atom. The second-order valence-electron chi connectivity index (χ2n) is 7.30. The molecule has 0 fully saturated rings. The Labute approximate surface area is 188 Å². The highest BCUT2D eigenvalue weighted by atomic mass is 16.5. The monoisotopic (exact) mass is 426 g/mol. The molecule has 0 aromatic heterocycles. The van der Waals surface area contributed by atoms with Crippen LogP contribution in [0.2, 0.25) is 0 Å². The Bertz CT molecular complexity index is 1230. The molecule has 4 aromatic rings. The molecular weight excluding hydrogens is 400 g/mol. The Morgan fingerprint density at radius 1 is 0.719 bits per heavy atom. The van der Waals surface area contributed by atoms with Crippen molar-refractivity contribution >= 4 is 16.7 Å². The standard InChI is InChI=1S/C28H26O4/c1-4-31-22-14-10-19(11-15-22)26-24-9-7-6-8-21(24)18-25(28(29)30-3)27(26)20-12-16-23(17-13-20)32-5-2/h6-18H,4-5H2,1-3H3. The number of fused-ring (bicyclic) bond motifs is 1. The number of esters is 1. The number of methoxy groups -OCH3 is 1. The Kier molecular flexibility index (Phi) is 6.41. The second kappa shape index (κ2) is 9.56. The Morgan fingerprint density at radius 3 is 1.78 bits per heavy atom. The summed E-state index contributed by atoms with van der Waals surface area (Å²) in [6.45, 7) is 5.12. The number of carbonyl (C=O) groups is 1. The van der Waals surface area contributed by atoms with Crippen molar-refractivity contribution in [3.05, 3.63) is 84.4 Å². The fourth-order valence-corrected chi connectivity index (χ4v) is 3.99. The number of ether oxygens (including phenoxy) is 3. The van der Waals surface area contributed by atoms with Crippen molar-refractivity contribution in [3.8, 4) is 33.8 Å². The zero-order valence-corrected chi connectivity index (χ0v) is 18.6. The third-order valence-corrected chi connectivity index (χ3v) is 5.36. The molecule has 162 valence electrons. The molecule has 0 aliphatic carbocycles. The number of hydrogen-bond donors (Lipinski definition) is 0. The molecular formula is C28H26O4. The molecule has 4 nitrogen and oxygen atoms in total. The van der Waals surface area contributed by atoms with Gasteiger partial charge in [-0.2, -0.15) is 0 Å². The summed E-state index contributed by atoms with van der Waals surface area (Å²) >= 11 is 0. The summed E-state index contributed by atoms with van der Waals surface area (Å²) in [5, 5.41) is 2.04. The molecule has 0 spiro atoms. The first kappa shape index (κ1) is 21.4. The first-order valence-electron chi connectivity index (χ1n) is 10.8. The molecule has 0 heterocycles. The van der Waals surface area contributed by atoms with Gasteiger partial charge in [-0.15, -0.1) is 0 Å². The zero-order chi connectivity index (χ0) is 22.5. The summed E-state index contributed by atoms with van der Waals surface area (Å²) < 4.78 is 16.4. The van der Waals surface area contributed by atoms with E-state index in [2.05, 4.69) is 6.07 Å². The molecule has 0 radical (unpaired) electrons. The summed E-state index contributed by atoms with van der Waals surface area (Å²) in [6, 6.07) is 25.8. The molecule has 0 amide bonds. The van der Waals surface area contributed by atoms with Crippen LogP contribution in [0.15, 0.2) is 78.9 Å². The van der Waals surface area contributed by atoms with Gasteiger partial charge in [0.25, 0.3) is 0 Å². The van der Waals surface area contributed by atoms with E-state index in [9.17, 15) is 4.79 Å². The third-order valence-electron chi connectivity index (χ3n) is 5.36. The highest BCUT2D eigenvalue weighted by Crippen LogP contribution is 2.42. The molecule has 0 atom stereocenters. The Balaban J connectivity index is 2.02. The van der Waals surface area contributed by atoms with Crippen LogP contribution in [0.4, 0.5) is 0 Å². The number of hydrogen-bond acceptors (Lipinski definition) is 4. The van der Waals surface area contributed by atoms with Crippen molar-refractivity contribution in [2.45, 2.75) is 13.8 Å². The van der Waals surface area contributed by atoms with E-state index in [0.29, 0.717) is 18.8 Å². The molecule has 0 aliphatic rings. The predicted molar refractivity (Wildman–Crippen MR) is 128 cm³/mol. The van der Waals surface area contributed by atoms with Gasteiger partial charge in [-0.25, -0.2) is 4.79 Å². The second-order valence-corrected chi connectivity index (χ2v) is 7.30. The van der Waals surface area contributed by atoms with Gasteiger partial charge in [-0.05, 0) is 71.6 Å². The Hall–Kier alpha value is -3.79. The first-order chi connectivity index (χ1) is 15.7. The molecule has 0 unspecified atom stereocenters. The quantitative estimate of drug-likeness (QED) is 0.306. The van der Waals surface area contributed by atoms with Crippen LogP contribution in [-0.2, 0) is 4.74 Å². The van der Waals surface area contributed by atoms with Gasteiger partial charge in [0.1, 0.15) is 11.5 Å². The normalized spacial score (nSPS) is 10.7. The largest absolute Gasteiger partial charge is 0.494 e. The molecule has 0 saturated carbocycles. The predicted octanol–water partition coefficient (Wildman–Crippen LogP) is 6.76. The average molecular weight is 427 g/mol. The number of benzene rings is 4. The van der Waals surface area contributed by atoms with Crippen molar-refractivity contribution in [3.63, 3.8) is 0 Å². The average Bonchev–Trinajstić information content (AvgIpc) is 2.84. The molecule has 0 aliphatic heterocycles. The fraction of sp³-hybridized carbons (Fsp3) is 0.179. The SMILES string of the molecule is CCOc1ccc(-c2c(C(=O)OC)cc3ccccc3c2-c2ccc(OCC)cc2)cc1. The summed E-state index contributed by atoms with van der Waals surface area (Å²) in [5.41, 5.74) is 4.26. The first-order valence-corrected chi connectivity index (χ1v) is 10.8. The lowest BCUT2D eigenvalue weighted by Gasteiger charge is -2.18. The van der Waals surface area contributed by atoms with E-state index in [1.165, 1.54) is 7.11 Å². The molecule has 4 rings (SSSR count). The summed E-state index contributed by atoms with van der Waals surface area (Å²) in [4.78, 5) is 12.9. The smallest absolute Gasteiger partial charge is 0.338 e. The fourth-order valence-electron chi connectivity index (χ4n) is 3.99. The molecule has 32 heavy (non-hydrogen) atoms. The minimum atomic E-state index is -0.369. The van der Waals surface area contributed by atoms with Gasteiger partial charge < -0.3 is 14.2 Å². The van der Waals surface area contributed by atoms with Crippen LogP contribution >= 0.6 is 0 Å². The lowest BCUT2D eigenvalue weighted by atomic mass is 9.86. The maximum absolute atomic E-state index is 12.9. The van der Waals surface area contributed by atoms with Gasteiger partial charge in [-0.3, -0.25) is 0 Å². The number of carbonyl (C=O) groups excluding carboxylic acids is 1. The van der Waals surface area contributed by atoms with Crippen LogP contribution in [0, 0.1) is 0 Å². The molecule has 4 heteroatoms. The van der Waals surface area contributed by atoms with E-state index in [-0.39, 0.29) is 5.97 Å². The molecule has 0 saturated heterocycles. The summed E-state index contributed by atoms with van der Waals surface area (Å²) in [6.07, 6.45) is 0. The summed E-state index contributed by atoms with van der Waals surface area (Å²) in [7, 11) is 1.41. The van der Waals surface area contributed by atoms with E-state index in [1.807, 2.05) is 86.6 Å². The van der Waals surface area contributed by atoms with Gasteiger partial charge in [-0.1, -0.05) is 48.5 Å². The van der Waals surface area contributed by atoms with Crippen molar-refractivity contribution in [1.82, 2.24) is 0 Å². The maximum Gasteiger partial charge on any atom is 0.338 e. The van der Waals surface area contributed by atoms with Crippen LogP contribution in [0.5, 0.6) is 11.5 Å². The van der Waals surface area contributed by atoms with E-state index >= 15 is 0 Å². The van der Waals surface area contributed by atoms with E-state index < -0.39 is 0 Å². The molecule has 0 bridgehead atoms. The van der Waals surface area contributed by atoms with Gasteiger partial charge in [0, 0.05) is 5.56 Å². The minimum absolute atomic E-state index is 0.369. The van der Waals surface area contributed by atoms with Crippen molar-refractivity contribution in [1.29, 1.82) is 0 Å². The van der Waals surface area contributed by atoms with E-state index in [0.717, 1.165) is 44.5 Å². The molecule has 4 aromatic carbocycles. The summed E-state index contributed by atoms with van der Waals surface area (Å²) in [5.74, 6) is 1.23.